The van der Waals surface area contributed by atoms with Crippen molar-refractivity contribution >= 4 is 33.7 Å². The largest absolute Gasteiger partial charge is 0.506 e. The van der Waals surface area contributed by atoms with Gasteiger partial charge in [-0.3, -0.25) is 14.9 Å². The third-order valence-corrected chi connectivity index (χ3v) is 6.13. The number of hydrazone groups is 1. The molecule has 2 N–H and O–H groups in total. The molecule has 4 rings (SSSR count). The summed E-state index contributed by atoms with van der Waals surface area (Å²) in [4.78, 5) is 23.3. The van der Waals surface area contributed by atoms with Crippen LogP contribution in [0.25, 0.3) is 0 Å². The summed E-state index contributed by atoms with van der Waals surface area (Å²) in [7, 11) is 0. The normalized spacial score (nSPS) is 16.7. The van der Waals surface area contributed by atoms with E-state index in [2.05, 4.69) is 26.5 Å². The number of phenols is 1. The number of halogens is 1. The maximum absolute atomic E-state index is 12.9. The van der Waals surface area contributed by atoms with Crippen molar-refractivity contribution in [1.29, 1.82) is 0 Å². The van der Waals surface area contributed by atoms with E-state index in [1.165, 1.54) is 18.3 Å². The van der Waals surface area contributed by atoms with Crippen molar-refractivity contribution in [2.75, 3.05) is 0 Å². The van der Waals surface area contributed by atoms with Crippen molar-refractivity contribution in [2.45, 2.75) is 11.8 Å². The molecule has 1 saturated carbocycles. The van der Waals surface area contributed by atoms with Crippen molar-refractivity contribution < 1.29 is 14.8 Å². The molecule has 1 amide bonds. The summed E-state index contributed by atoms with van der Waals surface area (Å²) in [6, 6.07) is 22.1. The highest BCUT2D eigenvalue weighted by molar-refractivity contribution is 9.10. The number of nitro benzene ring substituents is 1. The summed E-state index contributed by atoms with van der Waals surface area (Å²) in [6.07, 6.45) is 1.84. The molecule has 7 nitrogen and oxygen atoms in total. The Morgan fingerprint density at radius 1 is 1.13 bits per heavy atom. The molecule has 3 aromatic carbocycles. The summed E-state index contributed by atoms with van der Waals surface area (Å²) in [5.74, 6) is -0.759. The van der Waals surface area contributed by atoms with Gasteiger partial charge in [-0.15, -0.1) is 0 Å². The highest BCUT2D eigenvalue weighted by Gasteiger charge is 2.60. The van der Waals surface area contributed by atoms with Gasteiger partial charge < -0.3 is 5.11 Å². The first-order valence-electron chi connectivity index (χ1n) is 9.54. The molecular weight excluding hydrogens is 462 g/mol. The molecule has 1 fully saturated rings. The number of aromatic hydroxyl groups is 1. The van der Waals surface area contributed by atoms with Gasteiger partial charge in [0.25, 0.3) is 5.69 Å². The van der Waals surface area contributed by atoms with Crippen LogP contribution in [0.3, 0.4) is 0 Å². The van der Waals surface area contributed by atoms with Crippen molar-refractivity contribution in [3.63, 3.8) is 0 Å². The molecule has 1 aliphatic carbocycles. The van der Waals surface area contributed by atoms with E-state index in [0.717, 1.165) is 11.1 Å². The summed E-state index contributed by atoms with van der Waals surface area (Å²) in [5.41, 5.74) is 4.14. The minimum absolute atomic E-state index is 0.120. The van der Waals surface area contributed by atoms with Crippen LogP contribution >= 0.6 is 15.9 Å². The van der Waals surface area contributed by atoms with E-state index in [4.69, 9.17) is 0 Å². The van der Waals surface area contributed by atoms with Gasteiger partial charge in [0.05, 0.1) is 21.5 Å². The highest BCUT2D eigenvalue weighted by atomic mass is 79.9. The van der Waals surface area contributed by atoms with Crippen LogP contribution in [0.2, 0.25) is 0 Å². The lowest BCUT2D eigenvalue weighted by Gasteiger charge is -2.18. The molecule has 8 heteroatoms. The zero-order valence-electron chi connectivity index (χ0n) is 16.2. The lowest BCUT2D eigenvalue weighted by Crippen LogP contribution is -2.25. The number of carbonyl (C=O) groups excluding carboxylic acids is 1. The van der Waals surface area contributed by atoms with Crippen LogP contribution in [0.4, 0.5) is 5.69 Å². The lowest BCUT2D eigenvalue weighted by atomic mass is 9.85. The van der Waals surface area contributed by atoms with Gasteiger partial charge in [0.15, 0.2) is 0 Å². The lowest BCUT2D eigenvalue weighted by molar-refractivity contribution is -0.385. The van der Waals surface area contributed by atoms with Crippen molar-refractivity contribution in [3.8, 4) is 5.75 Å². The molecule has 0 saturated heterocycles. The van der Waals surface area contributed by atoms with Crippen LogP contribution in [0.1, 0.15) is 23.1 Å². The quantitative estimate of drug-likeness (QED) is 0.308. The molecule has 1 aliphatic rings. The first-order valence-corrected chi connectivity index (χ1v) is 10.3. The number of phenolic OH excluding ortho intramolecular Hbond substituents is 1. The maximum Gasteiger partial charge on any atom is 0.271 e. The standard InChI is InChI=1S/C23H18BrN3O4/c24-20-12-18(27(30)31)11-15(21(20)28)14-25-26-22(29)19-13-23(19,16-7-3-1-4-8-16)17-9-5-2-6-10-17/h1-12,14,19,28H,13H2,(H,26,29)/t19-/m1/s1. The topological polar surface area (TPSA) is 105 Å². The SMILES string of the molecule is O=C(NN=Cc1cc([N+](=O)[O-])cc(Br)c1O)[C@H]1CC1(c1ccccc1)c1ccccc1. The monoisotopic (exact) mass is 479 g/mol. The third kappa shape index (κ3) is 3.94. The van der Waals surface area contributed by atoms with Crippen LogP contribution < -0.4 is 5.43 Å². The Morgan fingerprint density at radius 2 is 1.71 bits per heavy atom. The van der Waals surface area contributed by atoms with Crippen LogP contribution in [0.5, 0.6) is 5.75 Å². The van der Waals surface area contributed by atoms with E-state index in [9.17, 15) is 20.0 Å². The minimum atomic E-state index is -0.571. The number of nitrogens with zero attached hydrogens (tertiary/aromatic N) is 2. The molecule has 0 bridgehead atoms. The smallest absolute Gasteiger partial charge is 0.271 e. The molecule has 1 atom stereocenters. The average molecular weight is 480 g/mol. The van der Waals surface area contributed by atoms with E-state index in [0.29, 0.717) is 6.42 Å². The molecule has 0 aromatic heterocycles. The maximum atomic E-state index is 12.9. The van der Waals surface area contributed by atoms with Gasteiger partial charge in [-0.05, 0) is 33.5 Å². The second kappa shape index (κ2) is 8.31. The molecule has 0 aliphatic heterocycles. The average Bonchev–Trinajstić information content (AvgIpc) is 3.55. The number of non-ortho nitro benzene ring substituents is 1. The van der Waals surface area contributed by atoms with E-state index < -0.39 is 10.3 Å². The number of benzene rings is 3. The van der Waals surface area contributed by atoms with Gasteiger partial charge in [-0.25, -0.2) is 5.43 Å². The van der Waals surface area contributed by atoms with Gasteiger partial charge >= 0.3 is 0 Å². The Morgan fingerprint density at radius 3 is 2.26 bits per heavy atom. The molecule has 0 unspecified atom stereocenters. The highest BCUT2D eigenvalue weighted by Crippen LogP contribution is 2.58. The van der Waals surface area contributed by atoms with E-state index in [1.807, 2.05) is 60.7 Å². The molecule has 156 valence electrons. The fourth-order valence-electron chi connectivity index (χ4n) is 3.91. The van der Waals surface area contributed by atoms with Crippen LogP contribution in [0.15, 0.2) is 82.4 Å². The zero-order chi connectivity index (χ0) is 22.0. The zero-order valence-corrected chi connectivity index (χ0v) is 17.8. The molecule has 3 aromatic rings. The second-order valence-electron chi connectivity index (χ2n) is 7.32. The molecule has 0 heterocycles. The van der Waals surface area contributed by atoms with Crippen LogP contribution in [-0.2, 0) is 10.2 Å². The number of hydrogen-bond acceptors (Lipinski definition) is 5. The fraction of sp³-hybridized carbons (Fsp3) is 0.130. The van der Waals surface area contributed by atoms with Gasteiger partial charge in [0, 0.05) is 23.1 Å². The number of rotatable bonds is 6. The first kappa shape index (κ1) is 20.7. The summed E-state index contributed by atoms with van der Waals surface area (Å²) in [6.45, 7) is 0. The third-order valence-electron chi connectivity index (χ3n) is 5.52. The van der Waals surface area contributed by atoms with Gasteiger partial charge in [0.2, 0.25) is 5.91 Å². The first-order chi connectivity index (χ1) is 14.9. The van der Waals surface area contributed by atoms with E-state index >= 15 is 0 Å². The Hall–Kier alpha value is -3.52. The molecular formula is C23H18BrN3O4. The van der Waals surface area contributed by atoms with Gasteiger partial charge in [0.1, 0.15) is 5.75 Å². The Kier molecular flexibility index (Phi) is 5.56. The second-order valence-corrected chi connectivity index (χ2v) is 8.17. The predicted molar refractivity (Wildman–Crippen MR) is 120 cm³/mol. The molecule has 0 radical (unpaired) electrons. The van der Waals surface area contributed by atoms with E-state index in [1.54, 1.807) is 0 Å². The van der Waals surface area contributed by atoms with Crippen LogP contribution in [0, 0.1) is 16.0 Å². The van der Waals surface area contributed by atoms with Gasteiger partial charge in [-0.2, -0.15) is 5.10 Å². The number of hydrogen-bond donors (Lipinski definition) is 2. The summed E-state index contributed by atoms with van der Waals surface area (Å²) >= 11 is 3.08. The number of nitrogens with one attached hydrogen (secondary N) is 1. The summed E-state index contributed by atoms with van der Waals surface area (Å²) < 4.78 is 0.170. The predicted octanol–water partition coefficient (Wildman–Crippen LogP) is 4.52. The Balaban J connectivity index is 1.55. The molecule has 31 heavy (non-hydrogen) atoms. The van der Waals surface area contributed by atoms with E-state index in [-0.39, 0.29) is 33.3 Å². The minimum Gasteiger partial charge on any atom is -0.506 e. The fourth-order valence-corrected chi connectivity index (χ4v) is 4.37. The molecule has 0 spiro atoms. The Labute approximate surface area is 186 Å². The number of carbonyl (C=O) groups is 1. The summed E-state index contributed by atoms with van der Waals surface area (Å²) in [5, 5.41) is 25.1. The van der Waals surface area contributed by atoms with Gasteiger partial charge in [-0.1, -0.05) is 60.7 Å². The van der Waals surface area contributed by atoms with Crippen molar-refractivity contribution in [1.82, 2.24) is 5.43 Å². The van der Waals surface area contributed by atoms with Crippen LogP contribution in [-0.4, -0.2) is 22.2 Å². The number of nitro groups is 1. The Bertz CT molecular complexity index is 1130. The van der Waals surface area contributed by atoms with Crippen molar-refractivity contribution in [2.24, 2.45) is 11.0 Å². The van der Waals surface area contributed by atoms with Crippen molar-refractivity contribution in [3.05, 3.63) is 104 Å². The number of amides is 1.